The number of hydrogen-bond acceptors (Lipinski definition) is 1. The number of amides is 1. The van der Waals surface area contributed by atoms with E-state index in [0.717, 1.165) is 23.2 Å². The first-order valence-corrected chi connectivity index (χ1v) is 4.59. The molecule has 74 valence electrons. The molecule has 0 aliphatic rings. The Morgan fingerprint density at radius 1 is 1.36 bits per heavy atom. The van der Waals surface area contributed by atoms with Crippen LogP contribution < -0.4 is 5.32 Å². The van der Waals surface area contributed by atoms with Crippen LogP contribution in [0, 0.1) is 0 Å². The first-order chi connectivity index (χ1) is 6.59. The third-order valence-corrected chi connectivity index (χ3v) is 1.82. The Balaban J connectivity index is 2.90. The summed E-state index contributed by atoms with van der Waals surface area (Å²) < 4.78 is 0. The minimum absolute atomic E-state index is 0.0424. The number of benzene rings is 1. The van der Waals surface area contributed by atoms with Gasteiger partial charge in [-0.25, -0.2) is 0 Å². The molecule has 2 heteroatoms. The molecule has 0 fully saturated rings. The van der Waals surface area contributed by atoms with E-state index in [9.17, 15) is 4.79 Å². The number of para-hydroxylation sites is 1. The van der Waals surface area contributed by atoms with Crippen molar-refractivity contribution in [3.05, 3.63) is 42.0 Å². The fourth-order valence-corrected chi connectivity index (χ4v) is 1.31. The molecule has 0 radical (unpaired) electrons. The van der Waals surface area contributed by atoms with Crippen LogP contribution in [0.15, 0.2) is 36.4 Å². The summed E-state index contributed by atoms with van der Waals surface area (Å²) in [6, 6.07) is 7.77. The molecular weight excluding hydrogens is 174 g/mol. The van der Waals surface area contributed by atoms with Gasteiger partial charge in [0.1, 0.15) is 0 Å². The van der Waals surface area contributed by atoms with Gasteiger partial charge in [-0.2, -0.15) is 0 Å². The van der Waals surface area contributed by atoms with Crippen molar-refractivity contribution in [2.24, 2.45) is 0 Å². The highest BCUT2D eigenvalue weighted by Crippen LogP contribution is 2.17. The molecule has 1 N–H and O–H groups in total. The molecule has 1 amide bonds. The van der Waals surface area contributed by atoms with Gasteiger partial charge in [-0.3, -0.25) is 4.79 Å². The smallest absolute Gasteiger partial charge is 0.221 e. The predicted octanol–water partition coefficient (Wildman–Crippen LogP) is 2.76. The second-order valence-corrected chi connectivity index (χ2v) is 3.47. The fraction of sp³-hybridized carbons (Fsp3) is 0.250. The van der Waals surface area contributed by atoms with Crippen LogP contribution in [0.25, 0.3) is 0 Å². The van der Waals surface area contributed by atoms with Crippen molar-refractivity contribution in [2.75, 3.05) is 5.32 Å². The lowest BCUT2D eigenvalue weighted by Crippen LogP contribution is -2.08. The molecule has 0 aromatic heterocycles. The Kier molecular flexibility index (Phi) is 3.46. The average Bonchev–Trinajstić information content (AvgIpc) is 2.06. The van der Waals surface area contributed by atoms with Gasteiger partial charge >= 0.3 is 0 Å². The van der Waals surface area contributed by atoms with Crippen LogP contribution in [0.2, 0.25) is 0 Å². The summed E-state index contributed by atoms with van der Waals surface area (Å²) >= 11 is 0. The summed E-state index contributed by atoms with van der Waals surface area (Å²) in [7, 11) is 0. The third-order valence-electron chi connectivity index (χ3n) is 1.82. The van der Waals surface area contributed by atoms with Gasteiger partial charge in [0, 0.05) is 12.6 Å². The third kappa shape index (κ3) is 3.05. The molecule has 0 unspecified atom stereocenters. The molecule has 0 aliphatic heterocycles. The van der Waals surface area contributed by atoms with E-state index in [1.54, 1.807) is 0 Å². The number of anilines is 1. The summed E-state index contributed by atoms with van der Waals surface area (Å²) in [5.41, 5.74) is 3.07. The van der Waals surface area contributed by atoms with Gasteiger partial charge in [0.15, 0.2) is 0 Å². The van der Waals surface area contributed by atoms with E-state index in [0.29, 0.717) is 0 Å². The molecule has 0 saturated heterocycles. The maximum absolute atomic E-state index is 10.9. The normalized spacial score (nSPS) is 9.57. The van der Waals surface area contributed by atoms with Crippen LogP contribution in [-0.4, -0.2) is 5.91 Å². The van der Waals surface area contributed by atoms with Crippen molar-refractivity contribution in [1.29, 1.82) is 0 Å². The fourth-order valence-electron chi connectivity index (χ4n) is 1.31. The zero-order chi connectivity index (χ0) is 10.6. The molecule has 0 saturated carbocycles. The Morgan fingerprint density at radius 2 is 2.00 bits per heavy atom. The van der Waals surface area contributed by atoms with Gasteiger partial charge in [-0.05, 0) is 25.0 Å². The molecule has 0 spiro atoms. The Morgan fingerprint density at radius 3 is 2.57 bits per heavy atom. The summed E-state index contributed by atoms with van der Waals surface area (Å²) in [5, 5.41) is 2.80. The quantitative estimate of drug-likeness (QED) is 0.728. The minimum Gasteiger partial charge on any atom is -0.326 e. The Bertz CT molecular complexity index is 320. The van der Waals surface area contributed by atoms with Crippen LogP contribution in [0.4, 0.5) is 5.69 Å². The minimum atomic E-state index is -0.0424. The first kappa shape index (κ1) is 10.5. The number of nitrogens with one attached hydrogen (secondary N) is 1. The predicted molar refractivity (Wildman–Crippen MR) is 59.3 cm³/mol. The second kappa shape index (κ2) is 4.61. The molecule has 14 heavy (non-hydrogen) atoms. The van der Waals surface area contributed by atoms with Crippen molar-refractivity contribution in [1.82, 2.24) is 0 Å². The molecule has 0 aliphatic carbocycles. The maximum Gasteiger partial charge on any atom is 0.221 e. The summed E-state index contributed by atoms with van der Waals surface area (Å²) in [4.78, 5) is 10.9. The molecule has 0 bridgehead atoms. The van der Waals surface area contributed by atoms with Gasteiger partial charge in [0.2, 0.25) is 5.91 Å². The zero-order valence-electron chi connectivity index (χ0n) is 8.63. The Hall–Kier alpha value is -1.57. The first-order valence-electron chi connectivity index (χ1n) is 4.59. The van der Waals surface area contributed by atoms with Gasteiger partial charge in [-0.15, -0.1) is 0 Å². The lowest BCUT2D eigenvalue weighted by Gasteiger charge is -2.09. The van der Waals surface area contributed by atoms with Crippen LogP contribution in [0.1, 0.15) is 19.4 Å². The summed E-state index contributed by atoms with van der Waals surface area (Å²) in [5.74, 6) is -0.0424. The highest BCUT2D eigenvalue weighted by molar-refractivity contribution is 5.89. The second-order valence-electron chi connectivity index (χ2n) is 3.47. The van der Waals surface area contributed by atoms with Crippen LogP contribution in [-0.2, 0) is 11.2 Å². The van der Waals surface area contributed by atoms with Gasteiger partial charge in [0.25, 0.3) is 0 Å². The molecule has 2 nitrogen and oxygen atoms in total. The van der Waals surface area contributed by atoms with Crippen molar-refractivity contribution in [3.63, 3.8) is 0 Å². The van der Waals surface area contributed by atoms with Crippen LogP contribution in [0.5, 0.6) is 0 Å². The lowest BCUT2D eigenvalue weighted by molar-refractivity contribution is -0.114. The number of allylic oxidation sites excluding steroid dienone is 1. The van der Waals surface area contributed by atoms with E-state index < -0.39 is 0 Å². The van der Waals surface area contributed by atoms with Crippen molar-refractivity contribution in [3.8, 4) is 0 Å². The van der Waals surface area contributed by atoms with Gasteiger partial charge in [0.05, 0.1) is 0 Å². The zero-order valence-corrected chi connectivity index (χ0v) is 8.63. The average molecular weight is 189 g/mol. The van der Waals surface area contributed by atoms with E-state index in [2.05, 4.69) is 11.9 Å². The van der Waals surface area contributed by atoms with Crippen LogP contribution >= 0.6 is 0 Å². The molecule has 1 aromatic rings. The number of carbonyl (C=O) groups is 1. The largest absolute Gasteiger partial charge is 0.326 e. The molecule has 1 rings (SSSR count). The molecule has 1 aromatic carbocycles. The lowest BCUT2D eigenvalue weighted by atomic mass is 10.1. The van der Waals surface area contributed by atoms with E-state index in [-0.39, 0.29) is 5.91 Å². The highest BCUT2D eigenvalue weighted by Gasteiger charge is 2.02. The van der Waals surface area contributed by atoms with Crippen molar-refractivity contribution < 1.29 is 4.79 Å². The molecule has 0 atom stereocenters. The topological polar surface area (TPSA) is 29.1 Å². The molecular formula is C12H15NO. The highest BCUT2D eigenvalue weighted by atomic mass is 16.1. The Labute approximate surface area is 84.6 Å². The number of hydrogen-bond donors (Lipinski definition) is 1. The van der Waals surface area contributed by atoms with E-state index in [4.69, 9.17) is 0 Å². The van der Waals surface area contributed by atoms with E-state index >= 15 is 0 Å². The standard InChI is InChI=1S/C12H15NO/c1-9(2)8-11-6-4-5-7-12(11)13-10(3)14/h4-7H,1,8H2,2-3H3,(H,13,14). The van der Waals surface area contributed by atoms with Gasteiger partial charge < -0.3 is 5.32 Å². The number of carbonyl (C=O) groups excluding carboxylic acids is 1. The van der Waals surface area contributed by atoms with Gasteiger partial charge in [-0.1, -0.05) is 30.4 Å². The monoisotopic (exact) mass is 189 g/mol. The summed E-state index contributed by atoms with van der Waals surface area (Å²) in [6.45, 7) is 7.35. The van der Waals surface area contributed by atoms with Crippen molar-refractivity contribution >= 4 is 11.6 Å². The maximum atomic E-state index is 10.9. The summed E-state index contributed by atoms with van der Waals surface area (Å²) in [6.07, 6.45) is 0.802. The molecule has 0 heterocycles. The van der Waals surface area contributed by atoms with Crippen LogP contribution in [0.3, 0.4) is 0 Å². The van der Waals surface area contributed by atoms with E-state index in [1.165, 1.54) is 6.92 Å². The number of rotatable bonds is 3. The van der Waals surface area contributed by atoms with E-state index in [1.807, 2.05) is 31.2 Å². The van der Waals surface area contributed by atoms with Crippen molar-refractivity contribution in [2.45, 2.75) is 20.3 Å². The SMILES string of the molecule is C=C(C)Cc1ccccc1NC(C)=O.